The van der Waals surface area contributed by atoms with Crippen LogP contribution >= 0.6 is 27.5 Å². The van der Waals surface area contributed by atoms with E-state index in [0.717, 1.165) is 23.0 Å². The fourth-order valence-electron chi connectivity index (χ4n) is 2.26. The summed E-state index contributed by atoms with van der Waals surface area (Å²) in [5.74, 6) is 0. The number of aromatic nitrogens is 1. The minimum absolute atomic E-state index is 0.290. The van der Waals surface area contributed by atoms with Gasteiger partial charge in [0, 0.05) is 7.11 Å². The fourth-order valence-corrected chi connectivity index (χ4v) is 2.71. The molecule has 0 spiro atoms. The third-order valence-corrected chi connectivity index (χ3v) is 4.29. The number of nitrogens with one attached hydrogen (secondary N) is 1. The van der Waals surface area contributed by atoms with E-state index in [0.29, 0.717) is 17.3 Å². The number of methoxy groups -OCH3 is 1. The van der Waals surface area contributed by atoms with Crippen molar-refractivity contribution >= 4 is 33.2 Å². The van der Waals surface area contributed by atoms with Crippen LogP contribution in [0.5, 0.6) is 0 Å². The largest absolute Gasteiger partial charge is 0.379 e. The van der Waals surface area contributed by atoms with Crippen LogP contribution in [-0.4, -0.2) is 24.2 Å². The molecular weight excluding hydrogens is 304 g/mol. The quantitative estimate of drug-likeness (QED) is 0.859. The highest BCUT2D eigenvalue weighted by Gasteiger charge is 2.24. The van der Waals surface area contributed by atoms with Crippen molar-refractivity contribution in [1.82, 2.24) is 4.98 Å². The van der Waals surface area contributed by atoms with Crippen LogP contribution in [0.2, 0.25) is 5.15 Å². The van der Waals surface area contributed by atoms with E-state index in [1.165, 1.54) is 12.8 Å². The zero-order valence-electron chi connectivity index (χ0n) is 9.75. The molecule has 0 bridgehead atoms. The highest BCUT2D eigenvalue weighted by molar-refractivity contribution is 9.10. The molecule has 5 heteroatoms. The number of rotatable bonds is 3. The molecule has 0 saturated heterocycles. The summed E-state index contributed by atoms with van der Waals surface area (Å²) in [7, 11) is 1.78. The second-order valence-corrected chi connectivity index (χ2v) is 5.52. The monoisotopic (exact) mass is 318 g/mol. The van der Waals surface area contributed by atoms with Crippen molar-refractivity contribution in [2.24, 2.45) is 0 Å². The molecule has 1 N–H and O–H groups in total. The van der Waals surface area contributed by atoms with E-state index < -0.39 is 0 Å². The summed E-state index contributed by atoms with van der Waals surface area (Å²) in [6, 6.07) is 2.32. The fraction of sp³-hybridized carbons (Fsp3) is 0.583. The van der Waals surface area contributed by atoms with E-state index in [1.807, 2.05) is 6.07 Å². The summed E-state index contributed by atoms with van der Waals surface area (Å²) in [5, 5.41) is 3.96. The molecule has 1 aliphatic carbocycles. The van der Waals surface area contributed by atoms with Gasteiger partial charge in [0.2, 0.25) is 0 Å². The zero-order chi connectivity index (χ0) is 12.3. The molecule has 2 unspecified atom stereocenters. The molecule has 1 aromatic rings. The number of hydrogen-bond acceptors (Lipinski definition) is 3. The van der Waals surface area contributed by atoms with Crippen LogP contribution in [0.25, 0.3) is 0 Å². The van der Waals surface area contributed by atoms with Gasteiger partial charge in [0.1, 0.15) is 5.15 Å². The number of pyridine rings is 1. The first-order chi connectivity index (χ1) is 8.20. The van der Waals surface area contributed by atoms with E-state index in [4.69, 9.17) is 16.3 Å². The molecule has 0 aliphatic heterocycles. The van der Waals surface area contributed by atoms with Gasteiger partial charge in [0.05, 0.1) is 28.5 Å². The summed E-state index contributed by atoms with van der Waals surface area (Å²) < 4.78 is 6.32. The molecule has 1 aromatic heterocycles. The average molecular weight is 320 g/mol. The molecule has 94 valence electrons. The van der Waals surface area contributed by atoms with E-state index in [-0.39, 0.29) is 0 Å². The third kappa shape index (κ3) is 3.33. The Kier molecular flexibility index (Phi) is 4.65. The number of hydrogen-bond donors (Lipinski definition) is 1. The van der Waals surface area contributed by atoms with Crippen molar-refractivity contribution in [3.05, 3.63) is 21.9 Å². The molecule has 1 aliphatic rings. The lowest BCUT2D eigenvalue weighted by Crippen LogP contribution is -2.37. The van der Waals surface area contributed by atoms with Gasteiger partial charge in [-0.05, 0) is 34.8 Å². The second-order valence-electron chi connectivity index (χ2n) is 4.31. The lowest BCUT2D eigenvalue weighted by Gasteiger charge is -2.31. The molecule has 0 amide bonds. The lowest BCUT2D eigenvalue weighted by molar-refractivity contribution is 0.0606. The van der Waals surface area contributed by atoms with E-state index >= 15 is 0 Å². The Morgan fingerprint density at radius 2 is 2.24 bits per heavy atom. The summed E-state index contributed by atoms with van der Waals surface area (Å²) >= 11 is 9.25. The Hall–Kier alpha value is -0.320. The first-order valence-corrected chi connectivity index (χ1v) is 6.98. The van der Waals surface area contributed by atoms with Gasteiger partial charge in [-0.25, -0.2) is 4.98 Å². The molecule has 2 atom stereocenters. The van der Waals surface area contributed by atoms with Crippen LogP contribution < -0.4 is 5.32 Å². The third-order valence-electron chi connectivity index (χ3n) is 3.15. The van der Waals surface area contributed by atoms with Gasteiger partial charge in [-0.2, -0.15) is 0 Å². The second kappa shape index (κ2) is 6.03. The number of halogens is 2. The van der Waals surface area contributed by atoms with Gasteiger partial charge in [-0.1, -0.05) is 24.4 Å². The number of nitrogens with zero attached hydrogens (tertiary/aromatic N) is 1. The van der Waals surface area contributed by atoms with Gasteiger partial charge in [-0.3, -0.25) is 0 Å². The van der Waals surface area contributed by atoms with E-state index in [9.17, 15) is 0 Å². The highest BCUT2D eigenvalue weighted by Crippen LogP contribution is 2.27. The molecule has 3 nitrogen and oxygen atoms in total. The van der Waals surface area contributed by atoms with Crippen molar-refractivity contribution in [3.63, 3.8) is 0 Å². The predicted molar refractivity (Wildman–Crippen MR) is 73.6 cm³/mol. The SMILES string of the molecule is COC1CCCCC1Nc1cnc(Cl)c(Br)c1. The molecule has 1 heterocycles. The smallest absolute Gasteiger partial charge is 0.143 e. The molecule has 0 radical (unpaired) electrons. The lowest BCUT2D eigenvalue weighted by atomic mass is 9.92. The Labute approximate surface area is 115 Å². The molecule has 0 aromatic carbocycles. The molecular formula is C12H16BrClN2O. The maximum absolute atomic E-state index is 5.87. The van der Waals surface area contributed by atoms with Crippen LogP contribution in [0.4, 0.5) is 5.69 Å². The minimum atomic E-state index is 0.290. The van der Waals surface area contributed by atoms with Crippen LogP contribution in [0, 0.1) is 0 Å². The van der Waals surface area contributed by atoms with Crippen molar-refractivity contribution in [2.75, 3.05) is 12.4 Å². The summed E-state index contributed by atoms with van der Waals surface area (Å²) in [4.78, 5) is 4.11. The Morgan fingerprint density at radius 3 is 2.94 bits per heavy atom. The van der Waals surface area contributed by atoms with Gasteiger partial charge in [0.25, 0.3) is 0 Å². The molecule has 1 saturated carbocycles. The normalized spacial score (nSPS) is 24.6. The first kappa shape index (κ1) is 13.1. The molecule has 2 rings (SSSR count). The topological polar surface area (TPSA) is 34.1 Å². The zero-order valence-corrected chi connectivity index (χ0v) is 12.1. The molecule has 17 heavy (non-hydrogen) atoms. The summed E-state index contributed by atoms with van der Waals surface area (Å²) in [5.41, 5.74) is 0.982. The summed E-state index contributed by atoms with van der Waals surface area (Å²) in [6.45, 7) is 0. The first-order valence-electron chi connectivity index (χ1n) is 5.81. The Bertz CT molecular complexity index is 389. The highest BCUT2D eigenvalue weighted by atomic mass is 79.9. The number of anilines is 1. The van der Waals surface area contributed by atoms with Crippen molar-refractivity contribution in [1.29, 1.82) is 0 Å². The van der Waals surface area contributed by atoms with Gasteiger partial charge >= 0.3 is 0 Å². The molecule has 1 fully saturated rings. The van der Waals surface area contributed by atoms with Crippen LogP contribution in [-0.2, 0) is 4.74 Å². The predicted octanol–water partition coefficient (Wildman–Crippen LogP) is 3.87. The Balaban J connectivity index is 2.05. The van der Waals surface area contributed by atoms with Crippen LogP contribution in [0.1, 0.15) is 25.7 Å². The van der Waals surface area contributed by atoms with Crippen molar-refractivity contribution < 1.29 is 4.74 Å². The standard InChI is InChI=1S/C12H16BrClN2O/c1-17-11-5-3-2-4-10(11)16-8-6-9(13)12(14)15-7-8/h6-7,10-11,16H,2-5H2,1H3. The van der Waals surface area contributed by atoms with Gasteiger partial charge in [-0.15, -0.1) is 0 Å². The maximum atomic E-state index is 5.87. The Morgan fingerprint density at radius 1 is 1.47 bits per heavy atom. The maximum Gasteiger partial charge on any atom is 0.143 e. The number of ether oxygens (including phenoxy) is 1. The summed E-state index contributed by atoms with van der Waals surface area (Å²) in [6.07, 6.45) is 6.81. The van der Waals surface area contributed by atoms with Crippen molar-refractivity contribution in [2.45, 2.75) is 37.8 Å². The van der Waals surface area contributed by atoms with Crippen molar-refractivity contribution in [3.8, 4) is 0 Å². The van der Waals surface area contributed by atoms with Crippen LogP contribution in [0.15, 0.2) is 16.7 Å². The van der Waals surface area contributed by atoms with E-state index in [1.54, 1.807) is 13.3 Å². The van der Waals surface area contributed by atoms with Gasteiger partial charge in [0.15, 0.2) is 0 Å². The minimum Gasteiger partial charge on any atom is -0.379 e. The van der Waals surface area contributed by atoms with E-state index in [2.05, 4.69) is 26.2 Å². The van der Waals surface area contributed by atoms with Crippen LogP contribution in [0.3, 0.4) is 0 Å². The average Bonchev–Trinajstić information content (AvgIpc) is 2.34. The van der Waals surface area contributed by atoms with Gasteiger partial charge < -0.3 is 10.1 Å².